The van der Waals surface area contributed by atoms with Crippen molar-refractivity contribution >= 4 is 12.0 Å². The van der Waals surface area contributed by atoms with Crippen LogP contribution in [0.1, 0.15) is 0 Å². The zero-order valence-corrected chi connectivity index (χ0v) is 8.60. The lowest BCUT2D eigenvalue weighted by Gasteiger charge is -1.96. The van der Waals surface area contributed by atoms with Gasteiger partial charge in [0.25, 0.3) is 0 Å². The van der Waals surface area contributed by atoms with Crippen LogP contribution >= 0.6 is 0 Å². The van der Waals surface area contributed by atoms with Crippen LogP contribution in [0.15, 0.2) is 34.7 Å². The molecule has 0 saturated heterocycles. The number of nitrogens with one attached hydrogen (secondary N) is 2. The molecule has 16 heavy (non-hydrogen) atoms. The van der Waals surface area contributed by atoms with Crippen LogP contribution in [0, 0.1) is 0 Å². The molecule has 0 aliphatic rings. The standard InChI is InChI=1S/C10H10N4O2/c1-11-9(15)12-10-14-13-8(16-10)7-5-3-2-4-6-7/h2-6H,1H3,(H2,11,12,14,15). The number of rotatable bonds is 2. The first-order chi connectivity index (χ1) is 7.79. The lowest BCUT2D eigenvalue weighted by atomic mass is 10.2. The van der Waals surface area contributed by atoms with Crippen molar-refractivity contribution < 1.29 is 9.21 Å². The Bertz CT molecular complexity index is 481. The Balaban J connectivity index is 2.17. The molecule has 0 aliphatic heterocycles. The van der Waals surface area contributed by atoms with E-state index in [-0.39, 0.29) is 6.01 Å². The normalized spacial score (nSPS) is 9.81. The van der Waals surface area contributed by atoms with Gasteiger partial charge in [0, 0.05) is 12.6 Å². The van der Waals surface area contributed by atoms with Crippen molar-refractivity contribution in [3.8, 4) is 11.5 Å². The summed E-state index contributed by atoms with van der Waals surface area (Å²) in [4.78, 5) is 11.0. The first-order valence-corrected chi connectivity index (χ1v) is 4.67. The van der Waals surface area contributed by atoms with Crippen LogP contribution in [0.5, 0.6) is 0 Å². The fraction of sp³-hybridized carbons (Fsp3) is 0.100. The highest BCUT2D eigenvalue weighted by Gasteiger charge is 2.09. The smallest absolute Gasteiger partial charge is 0.324 e. The summed E-state index contributed by atoms with van der Waals surface area (Å²) in [5.41, 5.74) is 0.806. The molecule has 2 rings (SSSR count). The molecule has 6 nitrogen and oxygen atoms in total. The van der Waals surface area contributed by atoms with Gasteiger partial charge in [-0.2, -0.15) is 0 Å². The molecule has 2 amide bonds. The summed E-state index contributed by atoms with van der Waals surface area (Å²) in [5.74, 6) is 0.368. The van der Waals surface area contributed by atoms with Crippen molar-refractivity contribution in [2.24, 2.45) is 0 Å². The summed E-state index contributed by atoms with van der Waals surface area (Å²) in [6.07, 6.45) is 0. The highest BCUT2D eigenvalue weighted by molar-refractivity contribution is 5.86. The third kappa shape index (κ3) is 2.17. The van der Waals surface area contributed by atoms with Crippen LogP contribution < -0.4 is 10.6 Å². The second-order valence-corrected chi connectivity index (χ2v) is 2.98. The van der Waals surface area contributed by atoms with Gasteiger partial charge in [-0.05, 0) is 12.1 Å². The molecule has 1 aromatic heterocycles. The summed E-state index contributed by atoms with van der Waals surface area (Å²) in [6.45, 7) is 0. The van der Waals surface area contributed by atoms with Crippen LogP contribution in [0.2, 0.25) is 0 Å². The summed E-state index contributed by atoms with van der Waals surface area (Å²) < 4.78 is 5.25. The first kappa shape index (κ1) is 10.2. The van der Waals surface area contributed by atoms with Crippen molar-refractivity contribution in [3.05, 3.63) is 30.3 Å². The van der Waals surface area contributed by atoms with Crippen LogP contribution in [0.4, 0.5) is 10.8 Å². The SMILES string of the molecule is CNC(=O)Nc1nnc(-c2ccccc2)o1. The molecule has 0 atom stereocenters. The number of hydrogen-bond acceptors (Lipinski definition) is 4. The Labute approximate surface area is 91.7 Å². The molecule has 82 valence electrons. The molecule has 0 unspecified atom stereocenters. The Kier molecular flexibility index (Phi) is 2.81. The van der Waals surface area contributed by atoms with Gasteiger partial charge < -0.3 is 9.73 Å². The van der Waals surface area contributed by atoms with Crippen LogP contribution in [-0.4, -0.2) is 23.3 Å². The van der Waals surface area contributed by atoms with Crippen LogP contribution in [0.3, 0.4) is 0 Å². The Morgan fingerprint density at radius 2 is 2.00 bits per heavy atom. The lowest BCUT2D eigenvalue weighted by molar-refractivity contribution is 0.253. The molecule has 2 N–H and O–H groups in total. The predicted octanol–water partition coefficient (Wildman–Crippen LogP) is 1.49. The van der Waals surface area contributed by atoms with E-state index in [4.69, 9.17) is 4.42 Å². The molecule has 0 radical (unpaired) electrons. The Morgan fingerprint density at radius 1 is 1.25 bits per heavy atom. The number of benzene rings is 1. The monoisotopic (exact) mass is 218 g/mol. The molecular weight excluding hydrogens is 208 g/mol. The first-order valence-electron chi connectivity index (χ1n) is 4.67. The van der Waals surface area contributed by atoms with E-state index in [0.717, 1.165) is 5.56 Å². The van der Waals surface area contributed by atoms with Gasteiger partial charge >= 0.3 is 12.0 Å². The van der Waals surface area contributed by atoms with E-state index in [2.05, 4.69) is 20.8 Å². The summed E-state index contributed by atoms with van der Waals surface area (Å²) in [7, 11) is 1.50. The maximum absolute atomic E-state index is 11.0. The maximum atomic E-state index is 11.0. The third-order valence-corrected chi connectivity index (χ3v) is 1.89. The van der Waals surface area contributed by atoms with Crippen molar-refractivity contribution in [2.45, 2.75) is 0 Å². The van der Waals surface area contributed by atoms with Gasteiger partial charge in [-0.25, -0.2) is 4.79 Å². The second-order valence-electron chi connectivity index (χ2n) is 2.98. The Hall–Kier alpha value is -2.37. The van der Waals surface area contributed by atoms with E-state index >= 15 is 0 Å². The largest absolute Gasteiger partial charge is 0.403 e. The van der Waals surface area contributed by atoms with E-state index in [9.17, 15) is 4.79 Å². The molecule has 0 saturated carbocycles. The van der Waals surface area contributed by atoms with Crippen molar-refractivity contribution in [1.29, 1.82) is 0 Å². The van der Waals surface area contributed by atoms with Gasteiger partial charge in [-0.3, -0.25) is 5.32 Å². The van der Waals surface area contributed by atoms with Crippen molar-refractivity contribution in [3.63, 3.8) is 0 Å². The molecule has 6 heteroatoms. The molecule has 0 spiro atoms. The minimum atomic E-state index is -0.400. The summed E-state index contributed by atoms with van der Waals surface area (Å²) in [6, 6.07) is 8.98. The fourth-order valence-electron chi connectivity index (χ4n) is 1.13. The molecular formula is C10H10N4O2. The highest BCUT2D eigenvalue weighted by atomic mass is 16.4. The number of urea groups is 1. The molecule has 0 aliphatic carbocycles. The molecule has 0 fully saturated rings. The van der Waals surface area contributed by atoms with E-state index in [1.54, 1.807) is 0 Å². The number of carbonyl (C=O) groups excluding carboxylic acids is 1. The topological polar surface area (TPSA) is 80.0 Å². The quantitative estimate of drug-likeness (QED) is 0.800. The van der Waals surface area contributed by atoms with E-state index in [0.29, 0.717) is 5.89 Å². The summed E-state index contributed by atoms with van der Waals surface area (Å²) in [5, 5.41) is 12.3. The molecule has 1 aromatic carbocycles. The third-order valence-electron chi connectivity index (χ3n) is 1.89. The number of amides is 2. The molecule has 1 heterocycles. The summed E-state index contributed by atoms with van der Waals surface area (Å²) >= 11 is 0. The minimum absolute atomic E-state index is 0.0678. The molecule has 2 aromatic rings. The number of hydrogen-bond donors (Lipinski definition) is 2. The average Bonchev–Trinajstić information content (AvgIpc) is 2.78. The van der Waals surface area contributed by atoms with Crippen LogP contribution in [-0.2, 0) is 0 Å². The number of aromatic nitrogens is 2. The number of carbonyl (C=O) groups is 1. The lowest BCUT2D eigenvalue weighted by Crippen LogP contribution is -2.24. The van der Waals surface area contributed by atoms with Gasteiger partial charge in [0.1, 0.15) is 0 Å². The molecule has 0 bridgehead atoms. The second kappa shape index (κ2) is 4.43. The minimum Gasteiger partial charge on any atom is -0.403 e. The number of nitrogens with zero attached hydrogens (tertiary/aromatic N) is 2. The average molecular weight is 218 g/mol. The van der Waals surface area contributed by atoms with E-state index < -0.39 is 6.03 Å². The van der Waals surface area contributed by atoms with Crippen molar-refractivity contribution in [2.75, 3.05) is 12.4 Å². The zero-order valence-electron chi connectivity index (χ0n) is 8.60. The van der Waals surface area contributed by atoms with Gasteiger partial charge in [0.15, 0.2) is 0 Å². The van der Waals surface area contributed by atoms with Gasteiger partial charge in [0.05, 0.1) is 0 Å². The maximum Gasteiger partial charge on any atom is 0.324 e. The van der Waals surface area contributed by atoms with Crippen molar-refractivity contribution in [1.82, 2.24) is 15.5 Å². The van der Waals surface area contributed by atoms with Gasteiger partial charge in [-0.15, -0.1) is 5.10 Å². The highest BCUT2D eigenvalue weighted by Crippen LogP contribution is 2.18. The zero-order chi connectivity index (χ0) is 11.4. The number of anilines is 1. The van der Waals surface area contributed by atoms with E-state index in [1.165, 1.54) is 7.05 Å². The van der Waals surface area contributed by atoms with Crippen LogP contribution in [0.25, 0.3) is 11.5 Å². The Morgan fingerprint density at radius 3 is 2.69 bits per heavy atom. The fourth-order valence-corrected chi connectivity index (χ4v) is 1.13. The van der Waals surface area contributed by atoms with E-state index in [1.807, 2.05) is 30.3 Å². The predicted molar refractivity (Wildman–Crippen MR) is 57.8 cm³/mol. The van der Waals surface area contributed by atoms with Gasteiger partial charge in [0.2, 0.25) is 5.89 Å². The van der Waals surface area contributed by atoms with Gasteiger partial charge in [-0.1, -0.05) is 23.3 Å².